The van der Waals surface area contributed by atoms with Crippen LogP contribution in [-0.2, 0) is 4.79 Å². The standard InChI is InChI=1S/C21H20O4/c1-14-11-16(5-9-20(14)24)3-7-18(22)13-19(23)8-4-17-6-10-21(25)15(2)12-17/h3-13,22,24-25H,1-2H3/b7-3+,8-4+,18-13-. The minimum absolute atomic E-state index is 0.165. The molecule has 0 spiro atoms. The Morgan fingerprint density at radius 2 is 1.32 bits per heavy atom. The van der Waals surface area contributed by atoms with Crippen molar-refractivity contribution in [3.05, 3.63) is 82.6 Å². The van der Waals surface area contributed by atoms with Crippen LogP contribution < -0.4 is 0 Å². The fourth-order valence-electron chi connectivity index (χ4n) is 2.17. The lowest BCUT2D eigenvalue weighted by Gasteiger charge is -1.99. The van der Waals surface area contributed by atoms with Gasteiger partial charge in [0, 0.05) is 6.08 Å². The second-order valence-corrected chi connectivity index (χ2v) is 5.73. The van der Waals surface area contributed by atoms with Crippen LogP contribution in [0.4, 0.5) is 0 Å². The normalized spacial score (nSPS) is 12.2. The highest BCUT2D eigenvalue weighted by Gasteiger charge is 1.98. The van der Waals surface area contributed by atoms with E-state index in [0.717, 1.165) is 28.3 Å². The van der Waals surface area contributed by atoms with Crippen LogP contribution in [0.1, 0.15) is 22.3 Å². The summed E-state index contributed by atoms with van der Waals surface area (Å²) in [5.41, 5.74) is 3.04. The average Bonchev–Trinajstić information content (AvgIpc) is 2.57. The minimum Gasteiger partial charge on any atom is -0.508 e. The van der Waals surface area contributed by atoms with Gasteiger partial charge in [-0.25, -0.2) is 0 Å². The number of carbonyl (C=O) groups excluding carboxylic acids is 1. The molecular weight excluding hydrogens is 316 g/mol. The number of carbonyl (C=O) groups is 1. The molecule has 128 valence electrons. The third-order valence-electron chi connectivity index (χ3n) is 3.62. The van der Waals surface area contributed by atoms with Gasteiger partial charge in [0.15, 0.2) is 5.78 Å². The van der Waals surface area contributed by atoms with Crippen molar-refractivity contribution in [1.29, 1.82) is 0 Å². The third-order valence-corrected chi connectivity index (χ3v) is 3.62. The number of benzene rings is 2. The van der Waals surface area contributed by atoms with Gasteiger partial charge in [0.1, 0.15) is 17.3 Å². The van der Waals surface area contributed by atoms with E-state index < -0.39 is 0 Å². The Balaban J connectivity index is 2.03. The lowest BCUT2D eigenvalue weighted by molar-refractivity contribution is -0.110. The van der Waals surface area contributed by atoms with E-state index in [-0.39, 0.29) is 23.0 Å². The van der Waals surface area contributed by atoms with Crippen molar-refractivity contribution in [2.75, 3.05) is 0 Å². The highest BCUT2D eigenvalue weighted by molar-refractivity contribution is 6.02. The predicted octanol–water partition coefficient (Wildman–Crippen LogP) is 4.45. The molecule has 4 nitrogen and oxygen atoms in total. The molecular formula is C21H20O4. The number of phenolic OH excluding ortho intramolecular Hbond substituents is 2. The first-order valence-electron chi connectivity index (χ1n) is 7.75. The lowest BCUT2D eigenvalue weighted by Crippen LogP contribution is -1.89. The SMILES string of the molecule is Cc1cc(/C=C/C(=O)/C=C(O)/C=C/c2ccc(O)c(C)c2)ccc1O. The number of hydrogen-bond donors (Lipinski definition) is 3. The summed E-state index contributed by atoms with van der Waals surface area (Å²) in [5.74, 6) is -0.102. The zero-order chi connectivity index (χ0) is 18.4. The summed E-state index contributed by atoms with van der Waals surface area (Å²) in [4.78, 5) is 11.8. The Kier molecular flexibility index (Phi) is 5.79. The van der Waals surface area contributed by atoms with Crippen molar-refractivity contribution >= 4 is 17.9 Å². The topological polar surface area (TPSA) is 77.8 Å². The van der Waals surface area contributed by atoms with Crippen LogP contribution in [0.25, 0.3) is 12.2 Å². The number of allylic oxidation sites excluding steroid dienone is 3. The number of aromatic hydroxyl groups is 2. The quantitative estimate of drug-likeness (QED) is 0.428. The van der Waals surface area contributed by atoms with Crippen molar-refractivity contribution < 1.29 is 20.1 Å². The van der Waals surface area contributed by atoms with Gasteiger partial charge in [0.25, 0.3) is 0 Å². The largest absolute Gasteiger partial charge is 0.508 e. The first kappa shape index (κ1) is 18.1. The number of aliphatic hydroxyl groups is 1. The lowest BCUT2D eigenvalue weighted by atomic mass is 10.1. The molecule has 0 aliphatic rings. The van der Waals surface area contributed by atoms with E-state index >= 15 is 0 Å². The van der Waals surface area contributed by atoms with Crippen LogP contribution in [0.3, 0.4) is 0 Å². The number of aryl methyl sites for hydroxylation is 2. The molecule has 0 amide bonds. The fraction of sp³-hybridized carbons (Fsp3) is 0.0952. The maximum Gasteiger partial charge on any atom is 0.182 e. The van der Waals surface area contributed by atoms with Gasteiger partial charge in [-0.05, 0) is 72.5 Å². The molecule has 2 rings (SSSR count). The van der Waals surface area contributed by atoms with E-state index in [1.807, 2.05) is 0 Å². The van der Waals surface area contributed by atoms with Crippen LogP contribution >= 0.6 is 0 Å². The Bertz CT molecular complexity index is 873. The Morgan fingerprint density at radius 3 is 1.80 bits per heavy atom. The first-order chi connectivity index (χ1) is 11.8. The highest BCUT2D eigenvalue weighted by Crippen LogP contribution is 2.19. The van der Waals surface area contributed by atoms with Crippen molar-refractivity contribution in [3.8, 4) is 11.5 Å². The van der Waals surface area contributed by atoms with Gasteiger partial charge in [-0.3, -0.25) is 4.79 Å². The monoisotopic (exact) mass is 336 g/mol. The smallest absolute Gasteiger partial charge is 0.182 e. The molecule has 0 aliphatic carbocycles. The highest BCUT2D eigenvalue weighted by atomic mass is 16.3. The van der Waals surface area contributed by atoms with Crippen LogP contribution in [0, 0.1) is 13.8 Å². The molecule has 2 aromatic rings. The molecule has 0 atom stereocenters. The number of ketones is 1. The Hall–Kier alpha value is -3.27. The van der Waals surface area contributed by atoms with Crippen LogP contribution in [-0.4, -0.2) is 21.1 Å². The van der Waals surface area contributed by atoms with Gasteiger partial charge in [0.2, 0.25) is 0 Å². The van der Waals surface area contributed by atoms with E-state index in [4.69, 9.17) is 0 Å². The van der Waals surface area contributed by atoms with Gasteiger partial charge < -0.3 is 15.3 Å². The molecule has 0 saturated heterocycles. The van der Waals surface area contributed by atoms with E-state index in [1.54, 1.807) is 62.4 Å². The third kappa shape index (κ3) is 5.39. The zero-order valence-corrected chi connectivity index (χ0v) is 14.1. The van der Waals surface area contributed by atoms with E-state index in [1.165, 1.54) is 12.2 Å². The summed E-state index contributed by atoms with van der Waals surface area (Å²) in [6.07, 6.45) is 7.15. The molecule has 3 N–H and O–H groups in total. The Labute approximate surface area is 146 Å². The summed E-state index contributed by atoms with van der Waals surface area (Å²) < 4.78 is 0. The van der Waals surface area contributed by atoms with Crippen LogP contribution in [0.15, 0.2) is 60.4 Å². The Morgan fingerprint density at radius 1 is 0.840 bits per heavy atom. The summed E-state index contributed by atoms with van der Waals surface area (Å²) >= 11 is 0. The molecule has 0 bridgehead atoms. The van der Waals surface area contributed by atoms with Crippen molar-refractivity contribution in [3.63, 3.8) is 0 Å². The van der Waals surface area contributed by atoms with Gasteiger partial charge in [-0.2, -0.15) is 0 Å². The number of aliphatic hydroxyl groups excluding tert-OH is 1. The first-order valence-corrected chi connectivity index (χ1v) is 7.75. The van der Waals surface area contributed by atoms with Crippen LogP contribution in [0.5, 0.6) is 11.5 Å². The average molecular weight is 336 g/mol. The molecule has 0 unspecified atom stereocenters. The summed E-state index contributed by atoms with van der Waals surface area (Å²) in [5, 5.41) is 28.8. The minimum atomic E-state index is -0.352. The van der Waals surface area contributed by atoms with Gasteiger partial charge >= 0.3 is 0 Å². The van der Waals surface area contributed by atoms with Crippen molar-refractivity contribution in [1.82, 2.24) is 0 Å². The van der Waals surface area contributed by atoms with E-state index in [9.17, 15) is 20.1 Å². The second kappa shape index (κ2) is 8.02. The molecule has 0 fully saturated rings. The molecule has 0 saturated carbocycles. The van der Waals surface area contributed by atoms with Crippen LogP contribution in [0.2, 0.25) is 0 Å². The molecule has 0 heterocycles. The van der Waals surface area contributed by atoms with Crippen molar-refractivity contribution in [2.45, 2.75) is 13.8 Å². The maximum absolute atomic E-state index is 11.8. The number of hydrogen-bond acceptors (Lipinski definition) is 4. The molecule has 0 aromatic heterocycles. The summed E-state index contributed by atoms with van der Waals surface area (Å²) in [6, 6.07) is 10.1. The van der Waals surface area contributed by atoms with Crippen molar-refractivity contribution in [2.24, 2.45) is 0 Å². The van der Waals surface area contributed by atoms with E-state index in [0.29, 0.717) is 0 Å². The summed E-state index contributed by atoms with van der Waals surface area (Å²) in [6.45, 7) is 3.55. The molecule has 25 heavy (non-hydrogen) atoms. The number of phenols is 2. The predicted molar refractivity (Wildman–Crippen MR) is 99.5 cm³/mol. The number of rotatable bonds is 5. The molecule has 0 aliphatic heterocycles. The van der Waals surface area contributed by atoms with Gasteiger partial charge in [0.05, 0.1) is 0 Å². The maximum atomic E-state index is 11.8. The molecule has 2 aromatic carbocycles. The second-order valence-electron chi connectivity index (χ2n) is 5.73. The molecule has 4 heteroatoms. The molecule has 0 radical (unpaired) electrons. The fourth-order valence-corrected chi connectivity index (χ4v) is 2.17. The zero-order valence-electron chi connectivity index (χ0n) is 14.1. The summed E-state index contributed by atoms with van der Waals surface area (Å²) in [7, 11) is 0. The van der Waals surface area contributed by atoms with Gasteiger partial charge in [-0.1, -0.05) is 24.3 Å². The van der Waals surface area contributed by atoms with Gasteiger partial charge in [-0.15, -0.1) is 0 Å². The van der Waals surface area contributed by atoms with E-state index in [2.05, 4.69) is 0 Å².